The van der Waals surface area contributed by atoms with E-state index in [9.17, 15) is 23.5 Å². The number of anilines is 1. The summed E-state index contributed by atoms with van der Waals surface area (Å²) in [4.78, 5) is 27.5. The van der Waals surface area contributed by atoms with Crippen LogP contribution in [0.1, 0.15) is 33.9 Å². The maximum absolute atomic E-state index is 13.6. The fourth-order valence-corrected chi connectivity index (χ4v) is 4.71. The lowest BCUT2D eigenvalue weighted by molar-refractivity contribution is -0.130. The van der Waals surface area contributed by atoms with Crippen molar-refractivity contribution in [2.45, 2.75) is 12.5 Å². The lowest BCUT2D eigenvalue weighted by Gasteiger charge is -2.47. The molecule has 5 nitrogen and oxygen atoms in total. The minimum Gasteiger partial charge on any atom is -0.508 e. The zero-order valence-corrected chi connectivity index (χ0v) is 20.8. The first kappa shape index (κ1) is 25.9. The molecule has 1 heterocycles. The number of nitrogens with zero attached hydrogens (tertiary/aromatic N) is 1. The second-order valence-corrected chi connectivity index (χ2v) is 9.24. The largest absolute Gasteiger partial charge is 0.508 e. The van der Waals surface area contributed by atoms with Gasteiger partial charge in [-0.05, 0) is 83.8 Å². The molecule has 1 saturated heterocycles. The van der Waals surface area contributed by atoms with E-state index in [1.54, 1.807) is 83.8 Å². The van der Waals surface area contributed by atoms with Crippen LogP contribution in [0.25, 0.3) is 5.57 Å². The second-order valence-electron chi connectivity index (χ2n) is 9.24. The van der Waals surface area contributed by atoms with Crippen LogP contribution in [0.4, 0.5) is 14.5 Å². The summed E-state index contributed by atoms with van der Waals surface area (Å²) >= 11 is 0. The van der Waals surface area contributed by atoms with Crippen LogP contribution in [0.3, 0.4) is 0 Å². The van der Waals surface area contributed by atoms with E-state index in [0.29, 0.717) is 28.8 Å². The molecule has 4 aromatic carbocycles. The molecule has 0 aromatic heterocycles. The molecule has 0 bridgehead atoms. The van der Waals surface area contributed by atoms with Crippen LogP contribution in [0.2, 0.25) is 0 Å². The van der Waals surface area contributed by atoms with Crippen molar-refractivity contribution in [2.75, 3.05) is 11.5 Å². The molecule has 0 radical (unpaired) electrons. The summed E-state index contributed by atoms with van der Waals surface area (Å²) < 4.78 is 32.7. The van der Waals surface area contributed by atoms with Crippen LogP contribution in [-0.4, -0.2) is 23.6 Å². The Bertz CT molecular complexity index is 1480. The molecule has 0 unspecified atom stereocenters. The standard InChI is InChI=1S/C32H25F2NO4/c33-25-11-6-21(7-12-25)24(20-39-32(38)23-4-2-1-3-5-23)10-19-29-30(22-8-17-28(36)18-9-22)35(31(29)37)27-15-13-26(34)14-16-27/h1-18,29-30,36H,19-20H2/t29-,30-/m1/s1. The third-order valence-electron chi connectivity index (χ3n) is 6.75. The number of amides is 1. The average molecular weight is 526 g/mol. The van der Waals surface area contributed by atoms with Crippen LogP contribution in [-0.2, 0) is 9.53 Å². The molecule has 1 aliphatic rings. The van der Waals surface area contributed by atoms with Crippen LogP contribution in [0, 0.1) is 17.6 Å². The van der Waals surface area contributed by atoms with Crippen molar-refractivity contribution in [3.05, 3.63) is 138 Å². The number of aromatic hydroxyl groups is 1. The van der Waals surface area contributed by atoms with Crippen molar-refractivity contribution < 1.29 is 28.2 Å². The van der Waals surface area contributed by atoms with Crippen molar-refractivity contribution in [2.24, 2.45) is 5.92 Å². The Hall–Kier alpha value is -4.78. The predicted molar refractivity (Wildman–Crippen MR) is 144 cm³/mol. The highest BCUT2D eigenvalue weighted by molar-refractivity contribution is 6.03. The summed E-state index contributed by atoms with van der Waals surface area (Å²) in [6, 6.07) is 26.4. The van der Waals surface area contributed by atoms with E-state index in [1.165, 1.54) is 24.3 Å². The van der Waals surface area contributed by atoms with Gasteiger partial charge in [-0.15, -0.1) is 0 Å². The lowest BCUT2D eigenvalue weighted by Crippen LogP contribution is -2.55. The van der Waals surface area contributed by atoms with Crippen molar-refractivity contribution in [3.63, 3.8) is 0 Å². The third kappa shape index (κ3) is 5.72. The smallest absolute Gasteiger partial charge is 0.338 e. The van der Waals surface area contributed by atoms with E-state index in [2.05, 4.69) is 0 Å². The van der Waals surface area contributed by atoms with Gasteiger partial charge in [-0.1, -0.05) is 48.5 Å². The number of ether oxygens (including phenoxy) is 1. The van der Waals surface area contributed by atoms with Gasteiger partial charge in [-0.25, -0.2) is 13.6 Å². The SMILES string of the molecule is O=C(OCC(=CC[C@H]1C(=O)N(c2ccc(F)cc2)[C@@H]1c1ccc(O)cc1)c1ccc(F)cc1)c1ccccc1. The van der Waals surface area contributed by atoms with Crippen LogP contribution < -0.4 is 4.90 Å². The first-order valence-electron chi connectivity index (χ1n) is 12.5. The van der Waals surface area contributed by atoms with Gasteiger partial charge in [0.15, 0.2) is 0 Å². The number of carbonyl (C=O) groups excluding carboxylic acids is 2. The molecule has 39 heavy (non-hydrogen) atoms. The second kappa shape index (κ2) is 11.3. The zero-order valence-electron chi connectivity index (χ0n) is 20.8. The Labute approximate surface area is 224 Å². The molecule has 1 aliphatic heterocycles. The van der Waals surface area contributed by atoms with Gasteiger partial charge in [0.05, 0.1) is 17.5 Å². The first-order chi connectivity index (χ1) is 18.9. The number of hydrogen-bond donors (Lipinski definition) is 1. The Morgan fingerprint density at radius 3 is 2.08 bits per heavy atom. The summed E-state index contributed by atoms with van der Waals surface area (Å²) in [6.07, 6.45) is 2.15. The molecule has 196 valence electrons. The number of esters is 1. The van der Waals surface area contributed by atoms with Gasteiger partial charge in [0.25, 0.3) is 0 Å². The minimum atomic E-state index is -0.493. The van der Waals surface area contributed by atoms with E-state index in [0.717, 1.165) is 5.56 Å². The van der Waals surface area contributed by atoms with Gasteiger partial charge in [-0.3, -0.25) is 4.79 Å². The first-order valence-corrected chi connectivity index (χ1v) is 12.5. The van der Waals surface area contributed by atoms with E-state index >= 15 is 0 Å². The van der Waals surface area contributed by atoms with Crippen LogP contribution in [0.15, 0.2) is 109 Å². The maximum atomic E-state index is 13.6. The van der Waals surface area contributed by atoms with Gasteiger partial charge in [0.1, 0.15) is 24.0 Å². The summed E-state index contributed by atoms with van der Waals surface area (Å²) in [5.41, 5.74) is 3.09. The monoisotopic (exact) mass is 525 g/mol. The molecule has 4 aromatic rings. The Morgan fingerprint density at radius 1 is 0.821 bits per heavy atom. The molecule has 1 fully saturated rings. The highest BCUT2D eigenvalue weighted by Gasteiger charge is 2.48. The van der Waals surface area contributed by atoms with Gasteiger partial charge in [-0.2, -0.15) is 0 Å². The summed E-state index contributed by atoms with van der Waals surface area (Å²) in [6.45, 7) is -0.0637. The highest BCUT2D eigenvalue weighted by atomic mass is 19.1. The van der Waals surface area contributed by atoms with Gasteiger partial charge in [0.2, 0.25) is 5.91 Å². The Balaban J connectivity index is 1.42. The van der Waals surface area contributed by atoms with E-state index in [4.69, 9.17) is 4.74 Å². The number of hydrogen-bond acceptors (Lipinski definition) is 4. The number of β-lactam (4-membered cyclic amide) rings is 1. The van der Waals surface area contributed by atoms with E-state index in [-0.39, 0.29) is 24.3 Å². The molecule has 7 heteroatoms. The topological polar surface area (TPSA) is 66.8 Å². The number of halogens is 2. The summed E-state index contributed by atoms with van der Waals surface area (Å²) in [5, 5.41) is 9.77. The number of carbonyl (C=O) groups is 2. The fraction of sp³-hybridized carbons (Fsp3) is 0.125. The highest BCUT2D eigenvalue weighted by Crippen LogP contribution is 2.45. The average Bonchev–Trinajstić information content (AvgIpc) is 2.96. The third-order valence-corrected chi connectivity index (χ3v) is 6.75. The Kier molecular flexibility index (Phi) is 7.50. The maximum Gasteiger partial charge on any atom is 0.338 e. The summed E-state index contributed by atoms with van der Waals surface area (Å²) in [7, 11) is 0. The van der Waals surface area contributed by atoms with Gasteiger partial charge in [0, 0.05) is 5.69 Å². The van der Waals surface area contributed by atoms with Crippen molar-refractivity contribution in [1.82, 2.24) is 0 Å². The molecule has 5 rings (SSSR count). The number of phenolic OH excluding ortho intramolecular Hbond substituents is 1. The fourth-order valence-electron chi connectivity index (χ4n) is 4.71. The number of benzene rings is 4. The van der Waals surface area contributed by atoms with Crippen molar-refractivity contribution in [1.29, 1.82) is 0 Å². The number of rotatable bonds is 8. The number of allylic oxidation sites excluding steroid dienone is 1. The lowest BCUT2D eigenvalue weighted by atomic mass is 9.79. The molecular formula is C32H25F2NO4. The molecule has 0 spiro atoms. The molecule has 1 N–H and O–H groups in total. The quantitative estimate of drug-likeness (QED) is 0.205. The van der Waals surface area contributed by atoms with Crippen LogP contribution in [0.5, 0.6) is 5.75 Å². The molecule has 1 amide bonds. The van der Waals surface area contributed by atoms with Crippen molar-refractivity contribution in [3.8, 4) is 5.75 Å². The van der Waals surface area contributed by atoms with Crippen LogP contribution >= 0.6 is 0 Å². The predicted octanol–water partition coefficient (Wildman–Crippen LogP) is 6.71. The summed E-state index contributed by atoms with van der Waals surface area (Å²) in [5.74, 6) is -1.78. The van der Waals surface area contributed by atoms with Gasteiger partial charge >= 0.3 is 5.97 Å². The molecule has 2 atom stereocenters. The van der Waals surface area contributed by atoms with E-state index < -0.39 is 23.5 Å². The molecule has 0 aliphatic carbocycles. The van der Waals surface area contributed by atoms with Crippen molar-refractivity contribution >= 4 is 23.1 Å². The number of phenols is 1. The molecular weight excluding hydrogens is 500 g/mol. The minimum absolute atomic E-state index is 0.0637. The molecule has 0 saturated carbocycles. The Morgan fingerprint density at radius 2 is 1.44 bits per heavy atom. The van der Waals surface area contributed by atoms with E-state index in [1.807, 2.05) is 6.08 Å². The zero-order chi connectivity index (χ0) is 27.4. The normalized spacial score (nSPS) is 17.0. The van der Waals surface area contributed by atoms with Gasteiger partial charge < -0.3 is 14.7 Å².